The highest BCUT2D eigenvalue weighted by Gasteiger charge is 2.39. The highest BCUT2D eigenvalue weighted by Crippen LogP contribution is 2.35. The Balaban J connectivity index is 1.45. The number of sulfonamides is 1. The van der Waals surface area contributed by atoms with Crippen LogP contribution in [0.1, 0.15) is 36.1 Å². The van der Waals surface area contributed by atoms with Gasteiger partial charge in [-0.25, -0.2) is 18.4 Å². The van der Waals surface area contributed by atoms with Crippen LogP contribution in [0.5, 0.6) is 0 Å². The maximum Gasteiger partial charge on any atom is 0.262 e. The summed E-state index contributed by atoms with van der Waals surface area (Å²) in [4.78, 5) is 10.8. The van der Waals surface area contributed by atoms with E-state index in [1.165, 1.54) is 6.33 Å². The molecule has 3 aromatic heterocycles. The quantitative estimate of drug-likeness (QED) is 0.322. The summed E-state index contributed by atoms with van der Waals surface area (Å²) < 4.78 is 32.8. The van der Waals surface area contributed by atoms with Crippen LogP contribution in [-0.4, -0.2) is 43.9 Å². The van der Waals surface area contributed by atoms with Crippen molar-refractivity contribution in [3.63, 3.8) is 0 Å². The van der Waals surface area contributed by atoms with Gasteiger partial charge in [-0.3, -0.25) is 0 Å². The van der Waals surface area contributed by atoms with Crippen molar-refractivity contribution < 1.29 is 8.42 Å². The number of nitrogens with zero attached hydrogens (tertiary/aromatic N) is 7. The zero-order valence-corrected chi connectivity index (χ0v) is 22.4. The summed E-state index contributed by atoms with van der Waals surface area (Å²) in [6.07, 6.45) is 9.01. The number of benzene rings is 1. The van der Waals surface area contributed by atoms with E-state index in [9.17, 15) is 13.7 Å². The van der Waals surface area contributed by atoms with E-state index in [1.54, 1.807) is 39.8 Å². The summed E-state index contributed by atoms with van der Waals surface area (Å²) in [6, 6.07) is 11.7. The Morgan fingerprint density at radius 3 is 2.51 bits per heavy atom. The molecule has 1 aliphatic rings. The zero-order valence-electron chi connectivity index (χ0n) is 20.8. The van der Waals surface area contributed by atoms with Gasteiger partial charge in [-0.05, 0) is 65.9 Å². The molecule has 0 bridgehead atoms. The third kappa shape index (κ3) is 5.32. The summed E-state index contributed by atoms with van der Waals surface area (Å²) in [5.41, 5.74) is 3.65. The first-order chi connectivity index (χ1) is 17.8. The van der Waals surface area contributed by atoms with Gasteiger partial charge in [0.2, 0.25) is 0 Å². The second-order valence-electron chi connectivity index (χ2n) is 9.46. The third-order valence-corrected chi connectivity index (χ3v) is 9.49. The number of thiophene rings is 1. The fraction of sp³-hybridized carbons (Fsp3) is 0.346. The molecule has 3 heterocycles. The summed E-state index contributed by atoms with van der Waals surface area (Å²) in [7, 11) is -0.0383. The van der Waals surface area contributed by atoms with Crippen LogP contribution in [0.15, 0.2) is 71.2 Å². The van der Waals surface area contributed by atoms with Gasteiger partial charge in [0.05, 0.1) is 36.5 Å². The highest BCUT2D eigenvalue weighted by atomic mass is 32.2. The van der Waals surface area contributed by atoms with Gasteiger partial charge in [-0.15, -0.1) is 0 Å². The lowest BCUT2D eigenvalue weighted by atomic mass is 10.1. The van der Waals surface area contributed by atoms with Crippen LogP contribution in [0.4, 0.5) is 5.69 Å². The van der Waals surface area contributed by atoms with Gasteiger partial charge in [-0.1, -0.05) is 0 Å². The number of rotatable bonds is 9. The Morgan fingerprint density at radius 1 is 1.11 bits per heavy atom. The molecule has 37 heavy (non-hydrogen) atoms. The van der Waals surface area contributed by atoms with Gasteiger partial charge in [0, 0.05) is 50.8 Å². The van der Waals surface area contributed by atoms with E-state index >= 15 is 0 Å². The molecule has 1 aromatic carbocycles. The molecule has 11 heteroatoms. The standard InChI is InChI=1S/C26H29N7O2S2/c1-30-16-26(29-19-30)37(34,35)33(14-21-9-10-36-17-21)24-8-7-23(11-24)32(15-25-13-28-18-31(25)2)22-5-3-20(12-27)4-6-22/h3-6,9-10,13,16-19,23-24H,7-8,11,14-15H2,1-2H3/t23-,24-/m1/s1. The Morgan fingerprint density at radius 2 is 1.89 bits per heavy atom. The molecule has 5 rings (SSSR count). The maximum absolute atomic E-state index is 13.8. The molecular weight excluding hydrogens is 506 g/mol. The predicted molar refractivity (Wildman–Crippen MR) is 142 cm³/mol. The Bertz CT molecular complexity index is 1480. The van der Waals surface area contributed by atoms with Crippen LogP contribution in [0.25, 0.3) is 0 Å². The molecule has 1 fully saturated rings. The largest absolute Gasteiger partial charge is 0.363 e. The summed E-state index contributed by atoms with van der Waals surface area (Å²) >= 11 is 1.56. The van der Waals surface area contributed by atoms with Crippen molar-refractivity contribution >= 4 is 27.0 Å². The molecule has 0 radical (unpaired) electrons. The van der Waals surface area contributed by atoms with Crippen LogP contribution in [0.3, 0.4) is 0 Å². The number of imidazole rings is 2. The maximum atomic E-state index is 13.8. The normalized spacial score (nSPS) is 17.8. The molecule has 4 aromatic rings. The van der Waals surface area contributed by atoms with Gasteiger partial charge in [0.15, 0.2) is 5.03 Å². The highest BCUT2D eigenvalue weighted by molar-refractivity contribution is 7.89. The molecule has 1 aliphatic carbocycles. The smallest absolute Gasteiger partial charge is 0.262 e. The predicted octanol–water partition coefficient (Wildman–Crippen LogP) is 3.91. The monoisotopic (exact) mass is 535 g/mol. The lowest BCUT2D eigenvalue weighted by Gasteiger charge is -2.33. The zero-order chi connectivity index (χ0) is 26.0. The average Bonchev–Trinajstić information content (AvgIpc) is 3.70. The van der Waals surface area contributed by atoms with Gasteiger partial charge < -0.3 is 14.0 Å². The molecule has 0 spiro atoms. The number of anilines is 1. The fourth-order valence-electron chi connectivity index (χ4n) is 4.96. The fourth-order valence-corrected chi connectivity index (χ4v) is 7.25. The van der Waals surface area contributed by atoms with E-state index in [4.69, 9.17) is 0 Å². The lowest BCUT2D eigenvalue weighted by molar-refractivity contribution is 0.312. The second kappa shape index (κ2) is 10.5. The van der Waals surface area contributed by atoms with Crippen molar-refractivity contribution in [1.29, 1.82) is 5.26 Å². The minimum atomic E-state index is -3.78. The van der Waals surface area contributed by atoms with Crippen LogP contribution >= 0.6 is 11.3 Å². The van der Waals surface area contributed by atoms with Crippen molar-refractivity contribution in [2.75, 3.05) is 4.90 Å². The van der Waals surface area contributed by atoms with Crippen LogP contribution < -0.4 is 4.90 Å². The number of nitriles is 1. The molecule has 0 N–H and O–H groups in total. The van der Waals surface area contributed by atoms with Crippen molar-refractivity contribution in [3.05, 3.63) is 83.0 Å². The number of aromatic nitrogens is 4. The first-order valence-corrected chi connectivity index (χ1v) is 14.5. The van der Waals surface area contributed by atoms with Crippen LogP contribution in [-0.2, 0) is 37.2 Å². The van der Waals surface area contributed by atoms with Crippen molar-refractivity contribution in [1.82, 2.24) is 23.4 Å². The molecule has 0 unspecified atom stereocenters. The first-order valence-electron chi connectivity index (χ1n) is 12.1. The van der Waals surface area contributed by atoms with Gasteiger partial charge in [0.1, 0.15) is 0 Å². The summed E-state index contributed by atoms with van der Waals surface area (Å²) in [6.45, 7) is 0.954. The molecule has 192 valence electrons. The molecule has 9 nitrogen and oxygen atoms in total. The molecule has 1 saturated carbocycles. The van der Waals surface area contributed by atoms with Gasteiger partial charge in [0.25, 0.3) is 10.0 Å². The summed E-state index contributed by atoms with van der Waals surface area (Å²) in [5, 5.41) is 13.3. The van der Waals surface area contributed by atoms with E-state index in [0.29, 0.717) is 25.1 Å². The van der Waals surface area contributed by atoms with Crippen LogP contribution in [0, 0.1) is 11.3 Å². The van der Waals surface area contributed by atoms with Gasteiger partial charge >= 0.3 is 0 Å². The topological polar surface area (TPSA) is 100 Å². The van der Waals surface area contributed by atoms with Gasteiger partial charge in [-0.2, -0.15) is 20.9 Å². The Labute approximate surface area is 221 Å². The van der Waals surface area contributed by atoms with Crippen LogP contribution in [0.2, 0.25) is 0 Å². The first kappa shape index (κ1) is 25.2. The third-order valence-electron chi connectivity index (χ3n) is 6.97. The van der Waals surface area contributed by atoms with E-state index in [-0.39, 0.29) is 17.1 Å². The van der Waals surface area contributed by atoms with E-state index in [0.717, 1.165) is 29.8 Å². The molecule has 0 aliphatic heterocycles. The number of hydrogen-bond acceptors (Lipinski definition) is 7. The molecular formula is C26H29N7O2S2. The second-order valence-corrected chi connectivity index (χ2v) is 12.1. The van der Waals surface area contributed by atoms with E-state index < -0.39 is 10.0 Å². The lowest BCUT2D eigenvalue weighted by Crippen LogP contribution is -2.40. The Kier molecular flexibility index (Phi) is 7.15. The summed E-state index contributed by atoms with van der Waals surface area (Å²) in [5.74, 6) is 0. The Hall–Kier alpha value is -3.46. The van der Waals surface area contributed by atoms with Crippen molar-refractivity contribution in [2.45, 2.75) is 49.5 Å². The number of aryl methyl sites for hydroxylation is 2. The minimum absolute atomic E-state index is 0.0764. The number of hydrogen-bond donors (Lipinski definition) is 0. The van der Waals surface area contributed by atoms with Crippen molar-refractivity contribution in [2.24, 2.45) is 14.1 Å². The van der Waals surface area contributed by atoms with E-state index in [1.807, 2.05) is 58.9 Å². The van der Waals surface area contributed by atoms with E-state index in [2.05, 4.69) is 20.9 Å². The SMILES string of the molecule is Cn1cnc(S(=O)(=O)N(Cc2ccsc2)[C@@H]2CC[C@@H](N(Cc3cncn3C)c3ccc(C#N)cc3)C2)c1. The minimum Gasteiger partial charge on any atom is -0.363 e. The van der Waals surface area contributed by atoms with Crippen molar-refractivity contribution in [3.8, 4) is 6.07 Å². The molecule has 0 amide bonds. The molecule has 2 atom stereocenters. The molecule has 0 saturated heterocycles. The average molecular weight is 536 g/mol.